The van der Waals surface area contributed by atoms with Crippen LogP contribution in [-0.2, 0) is 4.74 Å². The van der Waals surface area contributed by atoms with Gasteiger partial charge in [-0.1, -0.05) is 0 Å². The van der Waals surface area contributed by atoms with Gasteiger partial charge >= 0.3 is 5.97 Å². The number of aromatic carboxylic acids is 1. The Kier molecular flexibility index (Phi) is 3.53. The second-order valence-corrected chi connectivity index (χ2v) is 4.12. The largest absolute Gasteiger partial charge is 0.476 e. The zero-order valence-corrected chi connectivity index (χ0v) is 9.67. The van der Waals surface area contributed by atoms with E-state index < -0.39 is 5.97 Å². The van der Waals surface area contributed by atoms with Gasteiger partial charge in [-0.3, -0.25) is 0 Å². The molecule has 6 heteroatoms. The Morgan fingerprint density at radius 2 is 2.41 bits per heavy atom. The number of ether oxygens (including phenoxy) is 1. The highest BCUT2D eigenvalue weighted by atomic mass is 16.5. The van der Waals surface area contributed by atoms with Crippen LogP contribution in [0.1, 0.15) is 16.9 Å². The molecule has 1 N–H and O–H groups in total. The van der Waals surface area contributed by atoms with Gasteiger partial charge in [-0.25, -0.2) is 14.8 Å². The molecular formula is C11H15N3O3. The molecular weight excluding hydrogens is 222 g/mol. The molecule has 6 nitrogen and oxygen atoms in total. The zero-order valence-electron chi connectivity index (χ0n) is 9.67. The first-order valence-electron chi connectivity index (χ1n) is 5.50. The smallest absolute Gasteiger partial charge is 0.356 e. The molecule has 0 saturated carbocycles. The Balaban J connectivity index is 2.01. The van der Waals surface area contributed by atoms with Gasteiger partial charge < -0.3 is 14.7 Å². The van der Waals surface area contributed by atoms with Crippen LogP contribution in [0.25, 0.3) is 0 Å². The predicted octanol–water partition coefficient (Wildman–Crippen LogP) is 0.648. The summed E-state index contributed by atoms with van der Waals surface area (Å²) in [5.41, 5.74) is -0.0265. The topological polar surface area (TPSA) is 75.5 Å². The number of hydrogen-bond donors (Lipinski definition) is 1. The van der Waals surface area contributed by atoms with E-state index in [1.165, 1.54) is 12.4 Å². The molecule has 1 aliphatic rings. The van der Waals surface area contributed by atoms with Gasteiger partial charge in [-0.2, -0.15) is 0 Å². The van der Waals surface area contributed by atoms with Gasteiger partial charge in [-0.05, 0) is 6.42 Å². The monoisotopic (exact) mass is 237 g/mol. The molecule has 17 heavy (non-hydrogen) atoms. The molecule has 0 bridgehead atoms. The number of nitrogens with zero attached hydrogens (tertiary/aromatic N) is 3. The van der Waals surface area contributed by atoms with Crippen LogP contribution in [0.3, 0.4) is 0 Å². The minimum atomic E-state index is -1.05. The highest BCUT2D eigenvalue weighted by Crippen LogP contribution is 2.21. The molecule has 2 rings (SSSR count). The fraction of sp³-hybridized carbons (Fsp3) is 0.545. The minimum Gasteiger partial charge on any atom is -0.476 e. The lowest BCUT2D eigenvalue weighted by Gasteiger charge is -2.16. The van der Waals surface area contributed by atoms with Gasteiger partial charge in [0.15, 0.2) is 5.69 Å². The van der Waals surface area contributed by atoms with Crippen LogP contribution < -0.4 is 4.90 Å². The van der Waals surface area contributed by atoms with E-state index in [0.29, 0.717) is 5.92 Å². The second-order valence-electron chi connectivity index (χ2n) is 4.12. The quantitative estimate of drug-likeness (QED) is 0.828. The number of carbonyl (C=O) groups is 1. The third kappa shape index (κ3) is 2.71. The van der Waals surface area contributed by atoms with E-state index in [-0.39, 0.29) is 5.69 Å². The summed E-state index contributed by atoms with van der Waals surface area (Å²) in [6, 6.07) is 0. The van der Waals surface area contributed by atoms with Crippen LogP contribution in [0.5, 0.6) is 0 Å². The Hall–Kier alpha value is -1.69. The molecule has 92 valence electrons. The summed E-state index contributed by atoms with van der Waals surface area (Å²) in [5, 5.41) is 8.72. The van der Waals surface area contributed by atoms with Crippen molar-refractivity contribution in [3.05, 3.63) is 18.1 Å². The lowest BCUT2D eigenvalue weighted by atomic mass is 10.1. The highest BCUT2D eigenvalue weighted by molar-refractivity contribution is 5.84. The Morgan fingerprint density at radius 1 is 1.59 bits per heavy atom. The first kappa shape index (κ1) is 11.8. The number of aromatic nitrogens is 2. The van der Waals surface area contributed by atoms with E-state index >= 15 is 0 Å². The average molecular weight is 237 g/mol. The van der Waals surface area contributed by atoms with Crippen LogP contribution in [0, 0.1) is 5.92 Å². The number of carboxylic acids is 1. The van der Waals surface area contributed by atoms with E-state index in [9.17, 15) is 4.79 Å². The second kappa shape index (κ2) is 5.09. The van der Waals surface area contributed by atoms with Crippen molar-refractivity contribution >= 4 is 11.8 Å². The van der Waals surface area contributed by atoms with Crippen molar-refractivity contribution < 1.29 is 14.6 Å². The molecule has 0 spiro atoms. The first-order valence-corrected chi connectivity index (χ1v) is 5.50. The van der Waals surface area contributed by atoms with Gasteiger partial charge in [0.05, 0.1) is 19.0 Å². The average Bonchev–Trinajstić information content (AvgIpc) is 2.78. The molecule has 0 aliphatic carbocycles. The molecule has 1 aliphatic heterocycles. The fourth-order valence-electron chi connectivity index (χ4n) is 2.01. The molecule has 0 aromatic carbocycles. The van der Waals surface area contributed by atoms with Crippen molar-refractivity contribution in [1.29, 1.82) is 0 Å². The summed E-state index contributed by atoms with van der Waals surface area (Å²) in [5.74, 6) is 0.192. The van der Waals surface area contributed by atoms with E-state index in [4.69, 9.17) is 9.84 Å². The molecule has 1 atom stereocenters. The zero-order chi connectivity index (χ0) is 12.3. The van der Waals surface area contributed by atoms with Crippen LogP contribution in [0.15, 0.2) is 12.4 Å². The van der Waals surface area contributed by atoms with Crippen molar-refractivity contribution in [1.82, 2.24) is 9.97 Å². The summed E-state index contributed by atoms with van der Waals surface area (Å²) >= 11 is 0. The van der Waals surface area contributed by atoms with Crippen molar-refractivity contribution in [3.8, 4) is 0 Å². The van der Waals surface area contributed by atoms with E-state index in [0.717, 1.165) is 31.9 Å². The number of methoxy groups -OCH3 is 1. The summed E-state index contributed by atoms with van der Waals surface area (Å²) in [7, 11) is 1.70. The molecule has 0 amide bonds. The number of hydrogen-bond acceptors (Lipinski definition) is 5. The van der Waals surface area contributed by atoms with Gasteiger partial charge in [-0.15, -0.1) is 0 Å². The minimum absolute atomic E-state index is 0.0265. The molecule has 0 radical (unpaired) electrons. The van der Waals surface area contributed by atoms with Crippen LogP contribution in [-0.4, -0.2) is 47.8 Å². The summed E-state index contributed by atoms with van der Waals surface area (Å²) < 4.78 is 5.12. The van der Waals surface area contributed by atoms with Crippen LogP contribution in [0.2, 0.25) is 0 Å². The van der Waals surface area contributed by atoms with Gasteiger partial charge in [0, 0.05) is 26.1 Å². The van der Waals surface area contributed by atoms with Crippen molar-refractivity contribution in [2.75, 3.05) is 31.7 Å². The molecule has 1 fully saturated rings. The maximum absolute atomic E-state index is 10.6. The molecule has 1 saturated heterocycles. The van der Waals surface area contributed by atoms with Crippen molar-refractivity contribution in [3.63, 3.8) is 0 Å². The summed E-state index contributed by atoms with van der Waals surface area (Å²) in [6.45, 7) is 2.54. The first-order chi connectivity index (χ1) is 8.20. The Morgan fingerprint density at radius 3 is 3.00 bits per heavy atom. The van der Waals surface area contributed by atoms with E-state index in [1.807, 2.05) is 0 Å². The lowest BCUT2D eigenvalue weighted by Crippen LogP contribution is -2.22. The normalized spacial score (nSPS) is 19.6. The molecule has 1 aromatic rings. The number of rotatable bonds is 4. The highest BCUT2D eigenvalue weighted by Gasteiger charge is 2.23. The van der Waals surface area contributed by atoms with Gasteiger partial charge in [0.25, 0.3) is 0 Å². The molecule has 1 aromatic heterocycles. The summed E-state index contributed by atoms with van der Waals surface area (Å²) in [4.78, 5) is 20.7. The SMILES string of the molecule is COCC1CCN(c2cnc(C(=O)O)cn2)C1. The Bertz CT molecular complexity index is 393. The van der Waals surface area contributed by atoms with Crippen molar-refractivity contribution in [2.24, 2.45) is 5.92 Å². The summed E-state index contributed by atoms with van der Waals surface area (Å²) in [6.07, 6.45) is 3.87. The van der Waals surface area contributed by atoms with E-state index in [1.54, 1.807) is 7.11 Å². The number of carboxylic acid groups (broad SMARTS) is 1. The standard InChI is InChI=1S/C11H15N3O3/c1-17-7-8-2-3-14(6-8)10-5-12-9(4-13-10)11(15)16/h4-5,8H,2-3,6-7H2,1H3,(H,15,16). The molecule has 1 unspecified atom stereocenters. The van der Waals surface area contributed by atoms with Crippen molar-refractivity contribution in [2.45, 2.75) is 6.42 Å². The predicted molar refractivity (Wildman–Crippen MR) is 61.2 cm³/mol. The van der Waals surface area contributed by atoms with E-state index in [2.05, 4.69) is 14.9 Å². The third-order valence-corrected chi connectivity index (χ3v) is 2.87. The fourth-order valence-corrected chi connectivity index (χ4v) is 2.01. The maximum atomic E-state index is 10.6. The maximum Gasteiger partial charge on any atom is 0.356 e. The van der Waals surface area contributed by atoms with Gasteiger partial charge in [0.2, 0.25) is 0 Å². The van der Waals surface area contributed by atoms with Crippen LogP contribution >= 0.6 is 0 Å². The van der Waals surface area contributed by atoms with Crippen LogP contribution in [0.4, 0.5) is 5.82 Å². The Labute approximate surface area is 99.2 Å². The third-order valence-electron chi connectivity index (χ3n) is 2.87. The number of anilines is 1. The lowest BCUT2D eigenvalue weighted by molar-refractivity contribution is 0.0690. The van der Waals surface area contributed by atoms with Gasteiger partial charge in [0.1, 0.15) is 5.82 Å². The molecule has 2 heterocycles.